The number of rotatable bonds is 2. The van der Waals surface area contributed by atoms with Crippen LogP contribution in [0.1, 0.15) is 30.9 Å². The summed E-state index contributed by atoms with van der Waals surface area (Å²) < 4.78 is 1.99. The Morgan fingerprint density at radius 1 is 1.26 bits per heavy atom. The molecule has 0 fully saturated rings. The van der Waals surface area contributed by atoms with E-state index in [1.54, 1.807) is 0 Å². The lowest BCUT2D eigenvalue weighted by molar-refractivity contribution is 0.866. The van der Waals surface area contributed by atoms with Crippen molar-refractivity contribution in [1.29, 1.82) is 0 Å². The first-order valence-electron chi connectivity index (χ1n) is 6.09. The Kier molecular flexibility index (Phi) is 2.91. The first-order valence-corrected chi connectivity index (χ1v) is 6.91. The van der Waals surface area contributed by atoms with E-state index in [-0.39, 0.29) is 5.56 Å². The van der Waals surface area contributed by atoms with E-state index in [0.717, 1.165) is 5.56 Å². The van der Waals surface area contributed by atoms with Crippen molar-refractivity contribution >= 4 is 22.4 Å². The molecule has 0 spiro atoms. The molecule has 0 aliphatic heterocycles. The predicted octanol–water partition coefficient (Wildman–Crippen LogP) is 1.82. The fourth-order valence-electron chi connectivity index (χ4n) is 1.91. The van der Waals surface area contributed by atoms with Gasteiger partial charge in [0.05, 0.1) is 4.53 Å². The molecule has 4 nitrogen and oxygen atoms in total. The van der Waals surface area contributed by atoms with Gasteiger partial charge < -0.3 is 0 Å². The van der Waals surface area contributed by atoms with E-state index in [0.29, 0.717) is 15.4 Å². The molecule has 0 atom stereocenters. The second kappa shape index (κ2) is 4.59. The van der Waals surface area contributed by atoms with Gasteiger partial charge in [-0.15, -0.1) is 0 Å². The van der Waals surface area contributed by atoms with E-state index in [9.17, 15) is 4.79 Å². The molecule has 2 aromatic heterocycles. The molecule has 96 valence electrons. The monoisotopic (exact) mass is 271 g/mol. The topological polar surface area (TPSA) is 47.3 Å². The molecular formula is C14H13N3OS. The molecule has 2 heterocycles. The van der Waals surface area contributed by atoms with Crippen molar-refractivity contribution in [3.8, 4) is 0 Å². The summed E-state index contributed by atoms with van der Waals surface area (Å²) in [6.45, 7) is 4.32. The molecule has 0 aliphatic rings. The average Bonchev–Trinajstić information content (AvgIpc) is 2.95. The van der Waals surface area contributed by atoms with E-state index in [1.807, 2.05) is 18.2 Å². The highest BCUT2D eigenvalue weighted by Crippen LogP contribution is 2.14. The molecule has 0 saturated heterocycles. The van der Waals surface area contributed by atoms with E-state index < -0.39 is 0 Å². The van der Waals surface area contributed by atoms with E-state index in [4.69, 9.17) is 0 Å². The van der Waals surface area contributed by atoms with Crippen LogP contribution in [0.2, 0.25) is 0 Å². The van der Waals surface area contributed by atoms with Crippen LogP contribution >= 0.6 is 11.3 Å². The van der Waals surface area contributed by atoms with Gasteiger partial charge in [0.15, 0.2) is 0 Å². The Labute approximate surface area is 114 Å². The lowest BCUT2D eigenvalue weighted by atomic mass is 10.0. The summed E-state index contributed by atoms with van der Waals surface area (Å²) in [5.74, 6) is 0.512. The third-order valence-corrected chi connectivity index (χ3v) is 4.00. The maximum Gasteiger partial charge on any atom is 0.291 e. The molecule has 0 unspecified atom stereocenters. The fourth-order valence-corrected chi connectivity index (χ4v) is 2.79. The lowest BCUT2D eigenvalue weighted by Gasteiger charge is -2.04. The Bertz CT molecular complexity index is 815. The Balaban J connectivity index is 2.07. The maximum absolute atomic E-state index is 12.0. The molecule has 0 aliphatic carbocycles. The highest BCUT2D eigenvalue weighted by molar-refractivity contribution is 7.15. The molecule has 0 N–H and O–H groups in total. The number of fused-ring (bicyclic) bond motifs is 1. The molecule has 0 radical (unpaired) electrons. The number of aromatic nitrogens is 3. The first-order chi connectivity index (χ1) is 9.15. The number of hydrogen-bond donors (Lipinski definition) is 0. The quantitative estimate of drug-likeness (QED) is 0.714. The van der Waals surface area contributed by atoms with Crippen LogP contribution in [0.3, 0.4) is 0 Å². The number of benzene rings is 1. The normalized spacial score (nSPS) is 12.7. The number of hydrogen-bond acceptors (Lipinski definition) is 4. The predicted molar refractivity (Wildman–Crippen MR) is 76.5 cm³/mol. The second-order valence-electron chi connectivity index (χ2n) is 4.69. The Morgan fingerprint density at radius 3 is 2.63 bits per heavy atom. The molecule has 0 saturated carbocycles. The van der Waals surface area contributed by atoms with Gasteiger partial charge in [-0.1, -0.05) is 49.4 Å². The van der Waals surface area contributed by atoms with E-state index in [1.165, 1.54) is 27.7 Å². The Hall–Kier alpha value is -2.01. The van der Waals surface area contributed by atoms with Gasteiger partial charge in [0.1, 0.15) is 6.33 Å². The van der Waals surface area contributed by atoms with Gasteiger partial charge in [-0.3, -0.25) is 4.79 Å². The molecule has 3 aromatic rings. The minimum atomic E-state index is -0.106. The van der Waals surface area contributed by atoms with Crippen molar-refractivity contribution in [1.82, 2.24) is 14.6 Å². The van der Waals surface area contributed by atoms with Crippen LogP contribution in [0.25, 0.3) is 11.0 Å². The summed E-state index contributed by atoms with van der Waals surface area (Å²) in [6, 6.07) is 8.26. The van der Waals surface area contributed by atoms with Crippen LogP contribution in [0.15, 0.2) is 35.4 Å². The van der Waals surface area contributed by atoms with Gasteiger partial charge in [0.2, 0.25) is 4.96 Å². The van der Waals surface area contributed by atoms with Crippen molar-refractivity contribution in [2.75, 3.05) is 0 Å². The van der Waals surface area contributed by atoms with Gasteiger partial charge in [0.25, 0.3) is 5.56 Å². The smallest absolute Gasteiger partial charge is 0.266 e. The van der Waals surface area contributed by atoms with E-state index in [2.05, 4.69) is 36.1 Å². The van der Waals surface area contributed by atoms with Crippen LogP contribution in [0, 0.1) is 0 Å². The van der Waals surface area contributed by atoms with Gasteiger partial charge in [0, 0.05) is 0 Å². The molecule has 19 heavy (non-hydrogen) atoms. The van der Waals surface area contributed by atoms with Crippen LogP contribution < -0.4 is 10.1 Å². The lowest BCUT2D eigenvalue weighted by Crippen LogP contribution is -2.23. The van der Waals surface area contributed by atoms with Crippen LogP contribution in [0.5, 0.6) is 0 Å². The van der Waals surface area contributed by atoms with E-state index >= 15 is 0 Å². The standard InChI is InChI=1S/C14H13N3OS/c1-9(2)11-5-3-10(4-6-11)7-12-13(18)17-14(19-12)15-8-16-17/h3-9H,1-2H3/b12-7-. The second-order valence-corrected chi connectivity index (χ2v) is 5.70. The fraction of sp³-hybridized carbons (Fsp3) is 0.214. The number of nitrogens with zero attached hydrogens (tertiary/aromatic N) is 3. The summed E-state index contributed by atoms with van der Waals surface area (Å²) in [4.78, 5) is 16.7. The SMILES string of the molecule is CC(C)c1ccc(/C=c2\sc3ncnn3c2=O)cc1. The van der Waals surface area contributed by atoms with Gasteiger partial charge in [-0.25, -0.2) is 4.98 Å². The van der Waals surface area contributed by atoms with Crippen molar-refractivity contribution in [2.24, 2.45) is 0 Å². The third kappa shape index (κ3) is 2.17. The highest BCUT2D eigenvalue weighted by atomic mass is 32.1. The summed E-state index contributed by atoms with van der Waals surface area (Å²) in [7, 11) is 0. The largest absolute Gasteiger partial charge is 0.291 e. The van der Waals surface area contributed by atoms with Crippen molar-refractivity contribution < 1.29 is 0 Å². The first kappa shape index (κ1) is 12.0. The zero-order valence-corrected chi connectivity index (χ0v) is 11.5. The highest BCUT2D eigenvalue weighted by Gasteiger charge is 2.05. The van der Waals surface area contributed by atoms with Crippen molar-refractivity contribution in [3.05, 3.63) is 56.6 Å². The number of thiazole rings is 1. The average molecular weight is 271 g/mol. The van der Waals surface area contributed by atoms with Gasteiger partial charge in [-0.05, 0) is 23.1 Å². The van der Waals surface area contributed by atoms with Gasteiger partial charge >= 0.3 is 0 Å². The van der Waals surface area contributed by atoms with Gasteiger partial charge in [-0.2, -0.15) is 9.61 Å². The zero-order chi connectivity index (χ0) is 13.4. The summed E-state index contributed by atoms with van der Waals surface area (Å²) in [5.41, 5.74) is 2.21. The molecule has 1 aromatic carbocycles. The molecule has 5 heteroatoms. The maximum atomic E-state index is 12.0. The minimum Gasteiger partial charge on any atom is -0.266 e. The summed E-state index contributed by atoms with van der Waals surface area (Å²) >= 11 is 1.36. The molecule has 0 bridgehead atoms. The van der Waals surface area contributed by atoms with Crippen LogP contribution in [-0.2, 0) is 0 Å². The molecule has 0 amide bonds. The van der Waals surface area contributed by atoms with Crippen molar-refractivity contribution in [3.63, 3.8) is 0 Å². The zero-order valence-electron chi connectivity index (χ0n) is 10.7. The summed E-state index contributed by atoms with van der Waals surface area (Å²) in [5, 5.41) is 3.90. The van der Waals surface area contributed by atoms with Crippen LogP contribution in [0.4, 0.5) is 0 Å². The molecular weight excluding hydrogens is 258 g/mol. The third-order valence-electron chi connectivity index (χ3n) is 3.02. The Morgan fingerprint density at radius 2 is 2.00 bits per heavy atom. The van der Waals surface area contributed by atoms with Crippen LogP contribution in [-0.4, -0.2) is 14.6 Å². The molecule has 3 rings (SSSR count). The van der Waals surface area contributed by atoms with Crippen molar-refractivity contribution in [2.45, 2.75) is 19.8 Å². The summed E-state index contributed by atoms with van der Waals surface area (Å²) in [6.07, 6.45) is 3.28. The minimum absolute atomic E-state index is 0.106.